The minimum absolute atomic E-state index is 0.885. The Morgan fingerprint density at radius 1 is 0.327 bits per heavy atom. The van der Waals surface area contributed by atoms with Gasteiger partial charge >= 0.3 is 0 Å². The van der Waals surface area contributed by atoms with E-state index in [4.69, 9.17) is 4.42 Å². The lowest BCUT2D eigenvalue weighted by molar-refractivity contribution is 0.669. The molecule has 0 aliphatic carbocycles. The summed E-state index contributed by atoms with van der Waals surface area (Å²) in [6.07, 6.45) is 0. The van der Waals surface area contributed by atoms with Crippen molar-refractivity contribution in [2.45, 2.75) is 0 Å². The molecular formula is C50H33NO. The predicted octanol–water partition coefficient (Wildman–Crippen LogP) is 14.4. The molecule has 0 bridgehead atoms. The number of hydrogen-bond donors (Lipinski definition) is 0. The van der Waals surface area contributed by atoms with Crippen LogP contribution >= 0.6 is 0 Å². The third-order valence-corrected chi connectivity index (χ3v) is 10.3. The van der Waals surface area contributed by atoms with Crippen LogP contribution in [-0.4, -0.2) is 0 Å². The summed E-state index contributed by atoms with van der Waals surface area (Å²) in [6, 6.07) is 71.8. The Labute approximate surface area is 302 Å². The summed E-state index contributed by atoms with van der Waals surface area (Å²) in [5.74, 6) is 0. The monoisotopic (exact) mass is 663 g/mol. The summed E-state index contributed by atoms with van der Waals surface area (Å²) in [5, 5.41) is 7.19. The normalized spacial score (nSPS) is 11.5. The molecule has 10 aromatic rings. The number of para-hydroxylation sites is 3. The highest BCUT2D eigenvalue weighted by molar-refractivity contribution is 6.14. The third-order valence-electron chi connectivity index (χ3n) is 10.3. The lowest BCUT2D eigenvalue weighted by atomic mass is 9.95. The molecular weight excluding hydrogens is 631 g/mol. The molecule has 0 fully saturated rings. The van der Waals surface area contributed by atoms with Crippen LogP contribution in [0.4, 0.5) is 17.1 Å². The van der Waals surface area contributed by atoms with Crippen molar-refractivity contribution in [2.24, 2.45) is 0 Å². The molecule has 52 heavy (non-hydrogen) atoms. The maximum absolute atomic E-state index is 6.37. The van der Waals surface area contributed by atoms with Gasteiger partial charge in [0.15, 0.2) is 0 Å². The molecule has 244 valence electrons. The van der Waals surface area contributed by atoms with Crippen LogP contribution in [0.1, 0.15) is 0 Å². The van der Waals surface area contributed by atoms with Gasteiger partial charge in [-0.2, -0.15) is 0 Å². The van der Waals surface area contributed by atoms with E-state index >= 15 is 0 Å². The van der Waals surface area contributed by atoms with Gasteiger partial charge in [0.05, 0.1) is 11.4 Å². The molecule has 1 heterocycles. The fourth-order valence-electron chi connectivity index (χ4n) is 7.84. The van der Waals surface area contributed by atoms with Crippen molar-refractivity contribution in [3.63, 3.8) is 0 Å². The Morgan fingerprint density at radius 3 is 1.73 bits per heavy atom. The van der Waals surface area contributed by atoms with Gasteiger partial charge < -0.3 is 9.32 Å². The summed E-state index contributed by atoms with van der Waals surface area (Å²) in [4.78, 5) is 2.42. The quantitative estimate of drug-likeness (QED) is 0.176. The van der Waals surface area contributed by atoms with Gasteiger partial charge in [-0.25, -0.2) is 0 Å². The Bertz CT molecular complexity index is 2910. The summed E-state index contributed by atoms with van der Waals surface area (Å²) in [7, 11) is 0. The maximum Gasteiger partial charge on any atom is 0.136 e. The van der Waals surface area contributed by atoms with Gasteiger partial charge in [0, 0.05) is 27.6 Å². The molecule has 0 amide bonds. The lowest BCUT2D eigenvalue weighted by Crippen LogP contribution is -2.12. The smallest absolute Gasteiger partial charge is 0.136 e. The van der Waals surface area contributed by atoms with E-state index in [0.29, 0.717) is 0 Å². The van der Waals surface area contributed by atoms with Crippen LogP contribution in [0.25, 0.3) is 76.9 Å². The van der Waals surface area contributed by atoms with Crippen LogP contribution in [-0.2, 0) is 0 Å². The molecule has 1 aromatic heterocycles. The molecule has 0 aliphatic rings. The van der Waals surface area contributed by atoms with Crippen LogP contribution < -0.4 is 4.90 Å². The van der Waals surface area contributed by atoms with Crippen molar-refractivity contribution in [2.75, 3.05) is 4.90 Å². The van der Waals surface area contributed by atoms with Gasteiger partial charge in [-0.1, -0.05) is 158 Å². The minimum atomic E-state index is 0.885. The number of fused-ring (bicyclic) bond motifs is 5. The summed E-state index contributed by atoms with van der Waals surface area (Å²) < 4.78 is 6.37. The molecule has 0 unspecified atom stereocenters. The highest BCUT2D eigenvalue weighted by Gasteiger charge is 2.22. The standard InChI is InChI=1S/C50H33NO/c1-2-15-37-33-38(28-27-34(37)13-1)42-18-5-8-23-46(42)51(39-31-29-36(30-32-39)41-21-11-16-35-14-3-4-17-40(35)41)47-24-9-6-19-43(47)44-22-12-26-49-50(44)45-20-7-10-25-48(45)52-49/h1-33H. The van der Waals surface area contributed by atoms with E-state index in [9.17, 15) is 0 Å². The molecule has 0 radical (unpaired) electrons. The zero-order valence-electron chi connectivity index (χ0n) is 28.4. The Kier molecular flexibility index (Phi) is 7.18. The number of benzene rings is 9. The van der Waals surface area contributed by atoms with Crippen LogP contribution in [0.2, 0.25) is 0 Å². The number of hydrogen-bond acceptors (Lipinski definition) is 2. The Balaban J connectivity index is 1.20. The first-order valence-corrected chi connectivity index (χ1v) is 17.8. The van der Waals surface area contributed by atoms with E-state index in [2.05, 4.69) is 199 Å². The minimum Gasteiger partial charge on any atom is -0.456 e. The van der Waals surface area contributed by atoms with Crippen LogP contribution in [0.15, 0.2) is 205 Å². The van der Waals surface area contributed by atoms with Crippen molar-refractivity contribution in [1.29, 1.82) is 0 Å². The fourth-order valence-corrected chi connectivity index (χ4v) is 7.84. The number of rotatable bonds is 6. The average molecular weight is 664 g/mol. The Hall–Kier alpha value is -6.90. The van der Waals surface area contributed by atoms with Crippen molar-refractivity contribution in [3.05, 3.63) is 200 Å². The lowest BCUT2D eigenvalue weighted by Gasteiger charge is -2.30. The van der Waals surface area contributed by atoms with Crippen LogP contribution in [0.3, 0.4) is 0 Å². The number of furan rings is 1. The largest absolute Gasteiger partial charge is 0.456 e. The molecule has 0 saturated carbocycles. The first-order chi connectivity index (χ1) is 25.8. The first kappa shape index (κ1) is 30.0. The highest BCUT2D eigenvalue weighted by Crippen LogP contribution is 2.47. The van der Waals surface area contributed by atoms with E-state index in [0.717, 1.165) is 55.7 Å². The highest BCUT2D eigenvalue weighted by atomic mass is 16.3. The van der Waals surface area contributed by atoms with E-state index in [1.807, 2.05) is 6.07 Å². The van der Waals surface area contributed by atoms with E-state index in [-0.39, 0.29) is 0 Å². The Morgan fingerprint density at radius 2 is 0.885 bits per heavy atom. The zero-order chi connectivity index (χ0) is 34.4. The molecule has 2 nitrogen and oxygen atoms in total. The predicted molar refractivity (Wildman–Crippen MR) is 220 cm³/mol. The molecule has 0 N–H and O–H groups in total. The first-order valence-electron chi connectivity index (χ1n) is 17.8. The topological polar surface area (TPSA) is 16.4 Å². The second-order valence-electron chi connectivity index (χ2n) is 13.3. The number of nitrogens with zero attached hydrogens (tertiary/aromatic N) is 1. The molecule has 0 saturated heterocycles. The molecule has 0 atom stereocenters. The zero-order valence-corrected chi connectivity index (χ0v) is 28.4. The molecule has 0 aliphatic heterocycles. The SMILES string of the molecule is c1ccc(N(c2ccc(-c3cccc4ccccc34)cc2)c2ccccc2-c2cccc3oc4ccccc4c23)c(-c2ccc3ccccc3c2)c1. The van der Waals surface area contributed by atoms with Gasteiger partial charge in [-0.05, 0) is 86.3 Å². The maximum atomic E-state index is 6.37. The van der Waals surface area contributed by atoms with Crippen LogP contribution in [0.5, 0.6) is 0 Å². The summed E-state index contributed by atoms with van der Waals surface area (Å²) in [5.41, 5.74) is 12.1. The van der Waals surface area contributed by atoms with Gasteiger partial charge in [-0.15, -0.1) is 0 Å². The van der Waals surface area contributed by atoms with Gasteiger partial charge in [0.1, 0.15) is 11.2 Å². The van der Waals surface area contributed by atoms with Crippen molar-refractivity contribution in [3.8, 4) is 33.4 Å². The van der Waals surface area contributed by atoms with E-state index < -0.39 is 0 Å². The fraction of sp³-hybridized carbons (Fsp3) is 0. The van der Waals surface area contributed by atoms with Gasteiger partial charge in [0.2, 0.25) is 0 Å². The average Bonchev–Trinajstić information content (AvgIpc) is 3.60. The van der Waals surface area contributed by atoms with Gasteiger partial charge in [-0.3, -0.25) is 0 Å². The van der Waals surface area contributed by atoms with Gasteiger partial charge in [0.25, 0.3) is 0 Å². The molecule has 10 rings (SSSR count). The van der Waals surface area contributed by atoms with Crippen LogP contribution in [0, 0.1) is 0 Å². The van der Waals surface area contributed by atoms with Crippen molar-refractivity contribution < 1.29 is 4.42 Å². The second kappa shape index (κ2) is 12.5. The van der Waals surface area contributed by atoms with Crippen molar-refractivity contribution >= 4 is 60.5 Å². The summed E-state index contributed by atoms with van der Waals surface area (Å²) >= 11 is 0. The molecule has 2 heteroatoms. The summed E-state index contributed by atoms with van der Waals surface area (Å²) in [6.45, 7) is 0. The molecule has 0 spiro atoms. The third kappa shape index (κ3) is 5.04. The second-order valence-corrected chi connectivity index (χ2v) is 13.3. The molecule has 9 aromatic carbocycles. The van der Waals surface area contributed by atoms with E-state index in [1.165, 1.54) is 38.2 Å². The van der Waals surface area contributed by atoms with E-state index in [1.54, 1.807) is 0 Å². The van der Waals surface area contributed by atoms with Crippen molar-refractivity contribution in [1.82, 2.24) is 0 Å². The number of anilines is 3.